The average molecular weight is 307 g/mol. The second-order valence-electron chi connectivity index (χ2n) is 4.58. The van der Waals surface area contributed by atoms with E-state index in [-0.39, 0.29) is 5.69 Å². The highest BCUT2D eigenvalue weighted by atomic mass is 35.5. The summed E-state index contributed by atoms with van der Waals surface area (Å²) in [6.07, 6.45) is -0.690. The van der Waals surface area contributed by atoms with Gasteiger partial charge >= 0.3 is 0 Å². The molecule has 0 heterocycles. The maximum Gasteiger partial charge on any atom is 0.273 e. The van der Waals surface area contributed by atoms with Crippen LogP contribution < -0.4 is 5.32 Å². The van der Waals surface area contributed by atoms with E-state index in [2.05, 4.69) is 5.32 Å². The maximum absolute atomic E-state index is 10.9. The van der Waals surface area contributed by atoms with Gasteiger partial charge in [-0.2, -0.15) is 0 Å². The fourth-order valence-corrected chi connectivity index (χ4v) is 2.11. The summed E-state index contributed by atoms with van der Waals surface area (Å²) in [6, 6.07) is 13.5. The molecule has 0 saturated carbocycles. The molecule has 110 valence electrons. The summed E-state index contributed by atoms with van der Waals surface area (Å²) in [5, 5.41) is 24.5. The standard InChI is InChI=1S/C15H15ClN2O3/c16-13-7-5-11(6-8-13)15(19)10-17-9-12-3-1-2-4-14(12)18(20)21/h1-8,15,17,19H,9-10H2. The van der Waals surface area contributed by atoms with Crippen LogP contribution in [0.2, 0.25) is 5.02 Å². The van der Waals surface area contributed by atoms with Gasteiger partial charge in [0.25, 0.3) is 5.69 Å². The Morgan fingerprint density at radius 3 is 2.52 bits per heavy atom. The van der Waals surface area contributed by atoms with Crippen LogP contribution in [0.3, 0.4) is 0 Å². The molecule has 6 heteroatoms. The van der Waals surface area contributed by atoms with Gasteiger partial charge in [0.15, 0.2) is 0 Å². The minimum absolute atomic E-state index is 0.0750. The number of nitro groups is 1. The van der Waals surface area contributed by atoms with Crippen molar-refractivity contribution in [2.24, 2.45) is 0 Å². The van der Waals surface area contributed by atoms with Crippen molar-refractivity contribution in [1.82, 2.24) is 5.32 Å². The zero-order valence-corrected chi connectivity index (χ0v) is 12.0. The monoisotopic (exact) mass is 306 g/mol. The number of nitro benzene ring substituents is 1. The lowest BCUT2D eigenvalue weighted by Crippen LogP contribution is -2.21. The molecule has 0 aliphatic rings. The smallest absolute Gasteiger partial charge is 0.273 e. The Balaban J connectivity index is 1.92. The second-order valence-corrected chi connectivity index (χ2v) is 5.02. The molecular formula is C15H15ClN2O3. The van der Waals surface area contributed by atoms with Gasteiger partial charge in [-0.1, -0.05) is 41.9 Å². The van der Waals surface area contributed by atoms with Crippen molar-refractivity contribution in [3.8, 4) is 0 Å². The maximum atomic E-state index is 10.9. The zero-order valence-electron chi connectivity index (χ0n) is 11.2. The van der Waals surface area contributed by atoms with Crippen LogP contribution in [0.25, 0.3) is 0 Å². The summed E-state index contributed by atoms with van der Waals surface area (Å²) in [6.45, 7) is 0.621. The van der Waals surface area contributed by atoms with Crippen LogP contribution in [0.5, 0.6) is 0 Å². The Morgan fingerprint density at radius 2 is 1.86 bits per heavy atom. The molecule has 0 aliphatic heterocycles. The summed E-state index contributed by atoms with van der Waals surface area (Å²) < 4.78 is 0. The number of aliphatic hydroxyl groups excluding tert-OH is 1. The molecule has 0 saturated heterocycles. The molecular weight excluding hydrogens is 292 g/mol. The number of hydrogen-bond acceptors (Lipinski definition) is 4. The highest BCUT2D eigenvalue weighted by molar-refractivity contribution is 6.30. The van der Waals surface area contributed by atoms with E-state index in [1.807, 2.05) is 0 Å². The van der Waals surface area contributed by atoms with E-state index in [9.17, 15) is 15.2 Å². The fraction of sp³-hybridized carbons (Fsp3) is 0.200. The number of nitrogens with zero attached hydrogens (tertiary/aromatic N) is 1. The van der Waals surface area contributed by atoms with Gasteiger partial charge in [-0.25, -0.2) is 0 Å². The first-order chi connectivity index (χ1) is 10.1. The van der Waals surface area contributed by atoms with Crippen LogP contribution >= 0.6 is 11.6 Å². The minimum atomic E-state index is -0.690. The number of rotatable bonds is 6. The zero-order chi connectivity index (χ0) is 15.2. The normalized spacial score (nSPS) is 12.1. The Morgan fingerprint density at radius 1 is 1.19 bits per heavy atom. The third-order valence-electron chi connectivity index (χ3n) is 3.10. The Labute approximate surface area is 127 Å². The Bertz CT molecular complexity index is 617. The minimum Gasteiger partial charge on any atom is -0.387 e. The molecule has 5 nitrogen and oxygen atoms in total. The molecule has 1 unspecified atom stereocenters. The quantitative estimate of drug-likeness (QED) is 0.635. The summed E-state index contributed by atoms with van der Waals surface area (Å²) in [4.78, 5) is 10.5. The first kappa shape index (κ1) is 15.4. The predicted octanol–water partition coefficient (Wildman–Crippen LogP) is 3.07. The van der Waals surface area contributed by atoms with Gasteiger partial charge in [0.05, 0.1) is 11.0 Å². The number of nitrogens with one attached hydrogen (secondary N) is 1. The highest BCUT2D eigenvalue weighted by Gasteiger charge is 2.12. The van der Waals surface area contributed by atoms with Crippen molar-refractivity contribution in [3.05, 3.63) is 74.8 Å². The topological polar surface area (TPSA) is 75.4 Å². The van der Waals surface area contributed by atoms with Crippen molar-refractivity contribution < 1.29 is 10.0 Å². The van der Waals surface area contributed by atoms with E-state index in [0.29, 0.717) is 23.7 Å². The fourth-order valence-electron chi connectivity index (χ4n) is 1.98. The van der Waals surface area contributed by atoms with Crippen LogP contribution in [0.4, 0.5) is 5.69 Å². The summed E-state index contributed by atoms with van der Waals surface area (Å²) in [7, 11) is 0. The molecule has 0 spiro atoms. The van der Waals surface area contributed by atoms with Gasteiger partial charge in [-0.15, -0.1) is 0 Å². The van der Waals surface area contributed by atoms with Crippen molar-refractivity contribution in [2.75, 3.05) is 6.54 Å². The number of aliphatic hydroxyl groups is 1. The van der Waals surface area contributed by atoms with Crippen molar-refractivity contribution >= 4 is 17.3 Å². The van der Waals surface area contributed by atoms with Crippen molar-refractivity contribution in [1.29, 1.82) is 0 Å². The molecule has 2 N–H and O–H groups in total. The molecule has 2 rings (SSSR count). The molecule has 0 fully saturated rings. The van der Waals surface area contributed by atoms with Gasteiger partial charge < -0.3 is 10.4 Å². The van der Waals surface area contributed by atoms with E-state index < -0.39 is 11.0 Å². The predicted molar refractivity (Wildman–Crippen MR) is 81.2 cm³/mol. The van der Waals surface area contributed by atoms with E-state index in [0.717, 1.165) is 5.56 Å². The van der Waals surface area contributed by atoms with Gasteiger partial charge in [0.1, 0.15) is 0 Å². The molecule has 21 heavy (non-hydrogen) atoms. The number of para-hydroxylation sites is 1. The lowest BCUT2D eigenvalue weighted by Gasteiger charge is -2.12. The number of hydrogen-bond donors (Lipinski definition) is 2. The first-order valence-corrected chi connectivity index (χ1v) is 6.82. The van der Waals surface area contributed by atoms with E-state index in [1.54, 1.807) is 42.5 Å². The van der Waals surface area contributed by atoms with E-state index in [1.165, 1.54) is 6.07 Å². The summed E-state index contributed by atoms with van der Waals surface area (Å²) in [5.41, 5.74) is 1.41. The third kappa shape index (κ3) is 4.26. The van der Waals surface area contributed by atoms with E-state index >= 15 is 0 Å². The second kappa shape index (κ2) is 7.17. The summed E-state index contributed by atoms with van der Waals surface area (Å²) in [5.74, 6) is 0. The largest absolute Gasteiger partial charge is 0.387 e. The Kier molecular flexibility index (Phi) is 5.27. The average Bonchev–Trinajstić information content (AvgIpc) is 2.48. The van der Waals surface area contributed by atoms with Gasteiger partial charge in [-0.05, 0) is 17.7 Å². The molecule has 0 amide bonds. The van der Waals surface area contributed by atoms with Crippen molar-refractivity contribution in [2.45, 2.75) is 12.6 Å². The van der Waals surface area contributed by atoms with Crippen molar-refractivity contribution in [3.63, 3.8) is 0 Å². The number of benzene rings is 2. The molecule has 0 aromatic heterocycles. The lowest BCUT2D eigenvalue weighted by molar-refractivity contribution is -0.385. The van der Waals surface area contributed by atoms with E-state index in [4.69, 9.17) is 11.6 Å². The van der Waals surface area contributed by atoms with Crippen LogP contribution in [0, 0.1) is 10.1 Å². The van der Waals surface area contributed by atoms with Gasteiger partial charge in [-0.3, -0.25) is 10.1 Å². The van der Waals surface area contributed by atoms with Crippen LogP contribution in [0.1, 0.15) is 17.2 Å². The molecule has 2 aromatic rings. The van der Waals surface area contributed by atoms with Crippen LogP contribution in [-0.2, 0) is 6.54 Å². The van der Waals surface area contributed by atoms with Crippen LogP contribution in [-0.4, -0.2) is 16.6 Å². The molecule has 1 atom stereocenters. The lowest BCUT2D eigenvalue weighted by atomic mass is 10.1. The molecule has 0 bridgehead atoms. The SMILES string of the molecule is O=[N+]([O-])c1ccccc1CNCC(O)c1ccc(Cl)cc1. The van der Waals surface area contributed by atoms with Gasteiger partial charge in [0, 0.05) is 29.7 Å². The summed E-state index contributed by atoms with van der Waals surface area (Å²) >= 11 is 5.79. The van der Waals surface area contributed by atoms with Gasteiger partial charge in [0.2, 0.25) is 0 Å². The molecule has 0 aliphatic carbocycles. The Hall–Kier alpha value is -1.95. The third-order valence-corrected chi connectivity index (χ3v) is 3.35. The molecule has 2 aromatic carbocycles. The first-order valence-electron chi connectivity index (χ1n) is 6.44. The number of halogens is 1. The highest BCUT2D eigenvalue weighted by Crippen LogP contribution is 2.18. The molecule has 0 radical (unpaired) electrons. The van der Waals surface area contributed by atoms with Crippen LogP contribution in [0.15, 0.2) is 48.5 Å².